The molecule has 0 saturated carbocycles. The van der Waals surface area contributed by atoms with Crippen LogP contribution in [-0.2, 0) is 4.79 Å². The molecular formula is C20H25N3O4S. The minimum Gasteiger partial charge on any atom is -0.493 e. The van der Waals surface area contributed by atoms with Gasteiger partial charge in [-0.2, -0.15) is 4.99 Å². The molecule has 0 radical (unpaired) electrons. The molecule has 8 heteroatoms. The maximum absolute atomic E-state index is 12.8. The smallest absolute Gasteiger partial charge is 0.279 e. The Hall–Kier alpha value is -2.61. The second kappa shape index (κ2) is 8.60. The number of benzene rings is 1. The van der Waals surface area contributed by atoms with Gasteiger partial charge in [-0.3, -0.25) is 9.59 Å². The maximum Gasteiger partial charge on any atom is 0.279 e. The van der Waals surface area contributed by atoms with Crippen molar-refractivity contribution in [2.24, 2.45) is 4.99 Å². The van der Waals surface area contributed by atoms with Gasteiger partial charge in [-0.1, -0.05) is 0 Å². The summed E-state index contributed by atoms with van der Waals surface area (Å²) >= 11 is 1.39. The van der Waals surface area contributed by atoms with E-state index in [1.807, 2.05) is 24.9 Å². The Morgan fingerprint density at radius 3 is 2.46 bits per heavy atom. The third kappa shape index (κ3) is 4.11. The number of methoxy groups -OCH3 is 2. The molecule has 1 atom stereocenters. The molecule has 150 valence electrons. The van der Waals surface area contributed by atoms with E-state index in [1.165, 1.54) is 18.4 Å². The number of hydrogen-bond donors (Lipinski definition) is 0. The fraction of sp³-hybridized carbons (Fsp3) is 0.450. The SMILES string of the molecule is COc1ccc(C(=O)N=c2sc(C)cn2C(C)C(=O)N2CCCC2)cc1OC. The minimum atomic E-state index is -0.403. The van der Waals surface area contributed by atoms with E-state index in [2.05, 4.69) is 4.99 Å². The highest BCUT2D eigenvalue weighted by molar-refractivity contribution is 7.09. The first kappa shape index (κ1) is 20.1. The van der Waals surface area contributed by atoms with E-state index < -0.39 is 11.9 Å². The Labute approximate surface area is 168 Å². The average molecular weight is 404 g/mol. The highest BCUT2D eigenvalue weighted by Crippen LogP contribution is 2.27. The maximum atomic E-state index is 12.8. The van der Waals surface area contributed by atoms with Crippen molar-refractivity contribution < 1.29 is 19.1 Å². The van der Waals surface area contributed by atoms with Crippen LogP contribution in [0.4, 0.5) is 0 Å². The predicted molar refractivity (Wildman–Crippen MR) is 107 cm³/mol. The zero-order valence-electron chi connectivity index (χ0n) is 16.6. The van der Waals surface area contributed by atoms with Crippen LogP contribution < -0.4 is 14.3 Å². The van der Waals surface area contributed by atoms with Gasteiger partial charge in [-0.05, 0) is 44.9 Å². The zero-order chi connectivity index (χ0) is 20.3. The predicted octanol–water partition coefficient (Wildman–Crippen LogP) is 2.80. The highest BCUT2D eigenvalue weighted by atomic mass is 32.1. The van der Waals surface area contributed by atoms with Crippen molar-refractivity contribution >= 4 is 23.2 Å². The van der Waals surface area contributed by atoms with Crippen molar-refractivity contribution in [2.45, 2.75) is 32.7 Å². The van der Waals surface area contributed by atoms with Gasteiger partial charge in [-0.25, -0.2) is 0 Å². The number of likely N-dealkylation sites (tertiary alicyclic amines) is 1. The van der Waals surface area contributed by atoms with E-state index in [9.17, 15) is 9.59 Å². The van der Waals surface area contributed by atoms with Gasteiger partial charge in [0, 0.05) is 29.7 Å². The second-order valence-electron chi connectivity index (χ2n) is 6.73. The number of aromatic nitrogens is 1. The molecule has 7 nitrogen and oxygen atoms in total. The summed E-state index contributed by atoms with van der Waals surface area (Å²) in [5, 5.41) is 0. The topological polar surface area (TPSA) is 73.1 Å². The first-order valence-electron chi connectivity index (χ1n) is 9.23. The summed E-state index contributed by atoms with van der Waals surface area (Å²) in [6.07, 6.45) is 3.96. The van der Waals surface area contributed by atoms with Crippen LogP contribution in [0, 0.1) is 6.92 Å². The van der Waals surface area contributed by atoms with Gasteiger partial charge in [0.15, 0.2) is 16.3 Å². The van der Waals surface area contributed by atoms with Gasteiger partial charge in [0.05, 0.1) is 14.2 Å². The quantitative estimate of drug-likeness (QED) is 0.770. The Morgan fingerprint density at radius 1 is 1.14 bits per heavy atom. The van der Waals surface area contributed by atoms with Gasteiger partial charge in [-0.15, -0.1) is 11.3 Å². The summed E-state index contributed by atoms with van der Waals surface area (Å²) in [7, 11) is 3.06. The molecule has 1 aromatic carbocycles. The van der Waals surface area contributed by atoms with Gasteiger partial charge < -0.3 is 18.9 Å². The van der Waals surface area contributed by atoms with Crippen molar-refractivity contribution in [3.8, 4) is 11.5 Å². The minimum absolute atomic E-state index is 0.0651. The van der Waals surface area contributed by atoms with E-state index in [0.29, 0.717) is 21.9 Å². The molecule has 0 N–H and O–H groups in total. The monoisotopic (exact) mass is 403 g/mol. The van der Waals surface area contributed by atoms with Gasteiger partial charge >= 0.3 is 0 Å². The van der Waals surface area contributed by atoms with E-state index in [4.69, 9.17) is 9.47 Å². The van der Waals surface area contributed by atoms with Crippen LogP contribution in [0.1, 0.15) is 41.0 Å². The Balaban J connectivity index is 1.92. The normalized spacial score (nSPS) is 15.6. The van der Waals surface area contributed by atoms with Crippen LogP contribution in [0.25, 0.3) is 0 Å². The molecule has 1 aliphatic heterocycles. The van der Waals surface area contributed by atoms with E-state index in [-0.39, 0.29) is 5.91 Å². The molecular weight excluding hydrogens is 378 g/mol. The molecule has 3 rings (SSSR count). The first-order chi connectivity index (χ1) is 13.4. The van der Waals surface area contributed by atoms with E-state index in [1.54, 1.807) is 29.9 Å². The summed E-state index contributed by atoms with van der Waals surface area (Å²) in [5.74, 6) is 0.690. The summed E-state index contributed by atoms with van der Waals surface area (Å²) < 4.78 is 12.3. The summed E-state index contributed by atoms with van der Waals surface area (Å²) in [6, 6.07) is 4.53. The Bertz CT molecular complexity index is 941. The standard InChI is InChI=1S/C20H25N3O4S/c1-13-12-23(14(2)19(25)22-9-5-6-10-22)20(28-13)21-18(24)15-7-8-16(26-3)17(11-15)27-4/h7-8,11-12,14H,5-6,9-10H2,1-4H3. The van der Waals surface area contributed by atoms with Crippen LogP contribution in [0.2, 0.25) is 0 Å². The van der Waals surface area contributed by atoms with Gasteiger partial charge in [0.2, 0.25) is 5.91 Å². The second-order valence-corrected chi connectivity index (χ2v) is 7.94. The lowest BCUT2D eigenvalue weighted by Gasteiger charge is -2.21. The molecule has 2 heterocycles. The third-order valence-corrected chi connectivity index (χ3v) is 5.73. The molecule has 28 heavy (non-hydrogen) atoms. The van der Waals surface area contributed by atoms with Crippen LogP contribution in [-0.4, -0.2) is 48.6 Å². The van der Waals surface area contributed by atoms with Crippen LogP contribution in [0.15, 0.2) is 29.4 Å². The summed E-state index contributed by atoms with van der Waals surface area (Å²) in [4.78, 5) is 33.2. The number of rotatable bonds is 5. The number of carbonyl (C=O) groups excluding carboxylic acids is 2. The molecule has 1 saturated heterocycles. The average Bonchev–Trinajstić information content (AvgIpc) is 3.36. The molecule has 0 aliphatic carbocycles. The van der Waals surface area contributed by atoms with Gasteiger partial charge in [0.1, 0.15) is 6.04 Å². The van der Waals surface area contributed by atoms with Crippen LogP contribution in [0.5, 0.6) is 11.5 Å². The lowest BCUT2D eigenvalue weighted by atomic mass is 10.2. The number of thiazole rings is 1. The zero-order valence-corrected chi connectivity index (χ0v) is 17.4. The molecule has 2 amide bonds. The fourth-order valence-corrected chi connectivity index (χ4v) is 4.17. The van der Waals surface area contributed by atoms with Crippen molar-refractivity contribution in [2.75, 3.05) is 27.3 Å². The van der Waals surface area contributed by atoms with Gasteiger partial charge in [0.25, 0.3) is 5.91 Å². The number of ether oxygens (including phenoxy) is 2. The first-order valence-corrected chi connectivity index (χ1v) is 10.0. The lowest BCUT2D eigenvalue weighted by molar-refractivity contribution is -0.133. The van der Waals surface area contributed by atoms with Crippen molar-refractivity contribution in [1.29, 1.82) is 0 Å². The fourth-order valence-electron chi connectivity index (χ4n) is 3.27. The lowest BCUT2D eigenvalue weighted by Crippen LogP contribution is -2.36. The van der Waals surface area contributed by atoms with E-state index >= 15 is 0 Å². The Kier molecular flexibility index (Phi) is 6.18. The summed E-state index contributed by atoms with van der Waals surface area (Å²) in [5.41, 5.74) is 0.397. The molecule has 1 unspecified atom stereocenters. The van der Waals surface area contributed by atoms with Crippen LogP contribution >= 0.6 is 11.3 Å². The molecule has 2 aromatic rings. The number of hydrogen-bond acceptors (Lipinski definition) is 5. The molecule has 1 aliphatic rings. The number of aryl methyl sites for hydroxylation is 1. The number of amides is 2. The Morgan fingerprint density at radius 2 is 1.82 bits per heavy atom. The van der Waals surface area contributed by atoms with E-state index in [0.717, 1.165) is 30.8 Å². The van der Waals surface area contributed by atoms with Crippen molar-refractivity contribution in [3.05, 3.63) is 39.6 Å². The largest absolute Gasteiger partial charge is 0.493 e. The third-order valence-electron chi connectivity index (χ3n) is 4.81. The van der Waals surface area contributed by atoms with Crippen LogP contribution in [0.3, 0.4) is 0 Å². The van der Waals surface area contributed by atoms with Crippen molar-refractivity contribution in [3.63, 3.8) is 0 Å². The number of carbonyl (C=O) groups is 2. The molecule has 0 spiro atoms. The molecule has 1 fully saturated rings. The molecule has 0 bridgehead atoms. The number of nitrogens with zero attached hydrogens (tertiary/aromatic N) is 3. The summed E-state index contributed by atoms with van der Waals surface area (Å²) in [6.45, 7) is 5.38. The highest BCUT2D eigenvalue weighted by Gasteiger charge is 2.25. The van der Waals surface area contributed by atoms with Crippen molar-refractivity contribution in [1.82, 2.24) is 9.47 Å². The molecule has 1 aromatic heterocycles.